The summed E-state index contributed by atoms with van der Waals surface area (Å²) in [5, 5.41) is 12.1. The van der Waals surface area contributed by atoms with Crippen LogP contribution >= 0.6 is 0 Å². The summed E-state index contributed by atoms with van der Waals surface area (Å²) < 4.78 is 5.36. The second-order valence-electron chi connectivity index (χ2n) is 6.01. The molecule has 5 nitrogen and oxygen atoms in total. The molecule has 0 aliphatic carbocycles. The van der Waals surface area contributed by atoms with Gasteiger partial charge in [-0.3, -0.25) is 4.90 Å². The number of benzene rings is 1. The summed E-state index contributed by atoms with van der Waals surface area (Å²) in [6.45, 7) is 9.74. The molecule has 5 heteroatoms. The van der Waals surface area contributed by atoms with Gasteiger partial charge in [0.05, 0.1) is 18.9 Å². The Morgan fingerprint density at radius 2 is 1.96 bits per heavy atom. The standard InChI is InChI=1S/C18H24N4O/c1-14-4-3-5-16(12-14)17-13-15(2)18(21-20-17)19-6-7-22-8-10-23-11-9-22/h3-5,12-13H,6-11H2,1-2H3,(H,19,21). The normalized spacial score (nSPS) is 15.6. The van der Waals surface area contributed by atoms with E-state index in [1.165, 1.54) is 5.56 Å². The van der Waals surface area contributed by atoms with Crippen molar-refractivity contribution in [2.75, 3.05) is 44.7 Å². The second-order valence-corrected chi connectivity index (χ2v) is 6.01. The molecule has 122 valence electrons. The van der Waals surface area contributed by atoms with Crippen LogP contribution in [-0.4, -0.2) is 54.5 Å². The number of aryl methyl sites for hydroxylation is 2. The van der Waals surface area contributed by atoms with Gasteiger partial charge in [0.2, 0.25) is 0 Å². The highest BCUT2D eigenvalue weighted by Gasteiger charge is 2.10. The first-order valence-corrected chi connectivity index (χ1v) is 8.18. The van der Waals surface area contributed by atoms with Crippen molar-refractivity contribution in [1.82, 2.24) is 15.1 Å². The highest BCUT2D eigenvalue weighted by Crippen LogP contribution is 2.21. The van der Waals surface area contributed by atoms with Crippen molar-refractivity contribution in [2.45, 2.75) is 13.8 Å². The number of anilines is 1. The first-order chi connectivity index (χ1) is 11.2. The lowest BCUT2D eigenvalue weighted by Gasteiger charge is -2.26. The van der Waals surface area contributed by atoms with Crippen LogP contribution in [0.4, 0.5) is 5.82 Å². The fourth-order valence-corrected chi connectivity index (χ4v) is 2.76. The van der Waals surface area contributed by atoms with Gasteiger partial charge in [-0.1, -0.05) is 23.8 Å². The van der Waals surface area contributed by atoms with E-state index in [9.17, 15) is 0 Å². The van der Waals surface area contributed by atoms with Gasteiger partial charge in [0.1, 0.15) is 0 Å². The smallest absolute Gasteiger partial charge is 0.151 e. The van der Waals surface area contributed by atoms with Crippen LogP contribution in [0.5, 0.6) is 0 Å². The highest BCUT2D eigenvalue weighted by atomic mass is 16.5. The van der Waals surface area contributed by atoms with Crippen LogP contribution in [0, 0.1) is 13.8 Å². The molecule has 2 heterocycles. The van der Waals surface area contributed by atoms with Crippen LogP contribution in [0.1, 0.15) is 11.1 Å². The quantitative estimate of drug-likeness (QED) is 0.919. The third kappa shape index (κ3) is 4.27. The molecule has 2 aromatic rings. The first kappa shape index (κ1) is 15.9. The Labute approximate surface area is 137 Å². The van der Waals surface area contributed by atoms with Crippen LogP contribution in [0.25, 0.3) is 11.3 Å². The molecule has 23 heavy (non-hydrogen) atoms. The van der Waals surface area contributed by atoms with Crippen molar-refractivity contribution in [2.24, 2.45) is 0 Å². The molecule has 0 radical (unpaired) electrons. The molecule has 1 aromatic carbocycles. The summed E-state index contributed by atoms with van der Waals surface area (Å²) in [5.74, 6) is 0.870. The Hall–Kier alpha value is -1.98. The number of nitrogens with zero attached hydrogens (tertiary/aromatic N) is 3. The average molecular weight is 312 g/mol. The van der Waals surface area contributed by atoms with Gasteiger partial charge in [-0.2, -0.15) is 0 Å². The van der Waals surface area contributed by atoms with Crippen LogP contribution in [0.15, 0.2) is 30.3 Å². The number of aromatic nitrogens is 2. The Morgan fingerprint density at radius 3 is 2.70 bits per heavy atom. The molecule has 1 aromatic heterocycles. The molecule has 0 amide bonds. The van der Waals surface area contributed by atoms with E-state index >= 15 is 0 Å². The molecule has 0 atom stereocenters. The fourth-order valence-electron chi connectivity index (χ4n) is 2.76. The van der Waals surface area contributed by atoms with Crippen molar-refractivity contribution in [3.8, 4) is 11.3 Å². The van der Waals surface area contributed by atoms with Gasteiger partial charge in [0.15, 0.2) is 5.82 Å². The molecule has 1 aliphatic heterocycles. The lowest BCUT2D eigenvalue weighted by molar-refractivity contribution is 0.0398. The fraction of sp³-hybridized carbons (Fsp3) is 0.444. The summed E-state index contributed by atoms with van der Waals surface area (Å²) in [7, 11) is 0. The van der Waals surface area contributed by atoms with Crippen molar-refractivity contribution in [3.05, 3.63) is 41.5 Å². The first-order valence-electron chi connectivity index (χ1n) is 8.18. The monoisotopic (exact) mass is 312 g/mol. The number of ether oxygens (including phenoxy) is 1. The largest absolute Gasteiger partial charge is 0.379 e. The lowest BCUT2D eigenvalue weighted by Crippen LogP contribution is -2.39. The van der Waals surface area contributed by atoms with Crippen LogP contribution in [0.2, 0.25) is 0 Å². The maximum absolute atomic E-state index is 5.36. The Balaban J connectivity index is 1.60. The molecule has 1 fully saturated rings. The van der Waals surface area contributed by atoms with Crippen LogP contribution in [-0.2, 0) is 4.74 Å². The molecule has 0 bridgehead atoms. The third-order valence-electron chi connectivity index (χ3n) is 4.12. The maximum Gasteiger partial charge on any atom is 0.151 e. The Bertz CT molecular complexity index is 653. The molecule has 0 saturated carbocycles. The number of hydrogen-bond acceptors (Lipinski definition) is 5. The van der Waals surface area contributed by atoms with Gasteiger partial charge in [-0.25, -0.2) is 0 Å². The zero-order chi connectivity index (χ0) is 16.1. The SMILES string of the molecule is Cc1cccc(-c2cc(C)c(NCCN3CCOCC3)nn2)c1. The van der Waals surface area contributed by atoms with E-state index in [-0.39, 0.29) is 0 Å². The Kier molecular flexibility index (Phi) is 5.20. The zero-order valence-corrected chi connectivity index (χ0v) is 13.9. The number of rotatable bonds is 5. The summed E-state index contributed by atoms with van der Waals surface area (Å²) in [4.78, 5) is 2.40. The summed E-state index contributed by atoms with van der Waals surface area (Å²) >= 11 is 0. The minimum Gasteiger partial charge on any atom is -0.379 e. The van der Waals surface area contributed by atoms with Gasteiger partial charge >= 0.3 is 0 Å². The molecule has 3 rings (SSSR count). The van der Waals surface area contributed by atoms with E-state index in [0.29, 0.717) is 0 Å². The molecular formula is C18H24N4O. The molecule has 1 aliphatic rings. The minimum atomic E-state index is 0.837. The van der Waals surface area contributed by atoms with Gasteiger partial charge in [-0.15, -0.1) is 10.2 Å². The van der Waals surface area contributed by atoms with E-state index in [4.69, 9.17) is 4.74 Å². The van der Waals surface area contributed by atoms with Crippen molar-refractivity contribution < 1.29 is 4.74 Å². The van der Waals surface area contributed by atoms with Crippen LogP contribution in [0.3, 0.4) is 0 Å². The van der Waals surface area contributed by atoms with Gasteiger partial charge in [0, 0.05) is 31.7 Å². The van der Waals surface area contributed by atoms with Crippen molar-refractivity contribution in [1.29, 1.82) is 0 Å². The molecule has 1 N–H and O–H groups in total. The van der Waals surface area contributed by atoms with Gasteiger partial charge < -0.3 is 10.1 Å². The minimum absolute atomic E-state index is 0.837. The van der Waals surface area contributed by atoms with E-state index < -0.39 is 0 Å². The molecule has 1 saturated heterocycles. The van der Waals surface area contributed by atoms with E-state index in [1.807, 2.05) is 0 Å². The summed E-state index contributed by atoms with van der Waals surface area (Å²) in [6.07, 6.45) is 0. The summed E-state index contributed by atoms with van der Waals surface area (Å²) in [5.41, 5.74) is 4.39. The molecule has 0 unspecified atom stereocenters. The number of morpholine rings is 1. The van der Waals surface area contributed by atoms with Crippen molar-refractivity contribution >= 4 is 5.82 Å². The number of hydrogen-bond donors (Lipinski definition) is 1. The average Bonchev–Trinajstić information content (AvgIpc) is 2.57. The van der Waals surface area contributed by atoms with E-state index in [0.717, 1.165) is 62.0 Å². The van der Waals surface area contributed by atoms with Gasteiger partial charge in [0.25, 0.3) is 0 Å². The second kappa shape index (κ2) is 7.53. The predicted octanol–water partition coefficient (Wildman–Crippen LogP) is 2.50. The molecule has 0 spiro atoms. The maximum atomic E-state index is 5.36. The van der Waals surface area contributed by atoms with Crippen LogP contribution < -0.4 is 5.32 Å². The van der Waals surface area contributed by atoms with E-state index in [2.05, 4.69) is 64.6 Å². The predicted molar refractivity (Wildman–Crippen MR) is 92.7 cm³/mol. The number of nitrogens with one attached hydrogen (secondary N) is 1. The topological polar surface area (TPSA) is 50.3 Å². The highest BCUT2D eigenvalue weighted by molar-refractivity contribution is 5.62. The third-order valence-corrected chi connectivity index (χ3v) is 4.12. The lowest BCUT2D eigenvalue weighted by atomic mass is 10.1. The van der Waals surface area contributed by atoms with E-state index in [1.54, 1.807) is 0 Å². The Morgan fingerprint density at radius 1 is 1.13 bits per heavy atom. The van der Waals surface area contributed by atoms with Crippen molar-refractivity contribution in [3.63, 3.8) is 0 Å². The van der Waals surface area contributed by atoms with Gasteiger partial charge in [-0.05, 0) is 31.5 Å². The molecular weight excluding hydrogens is 288 g/mol. The summed E-state index contributed by atoms with van der Waals surface area (Å²) in [6, 6.07) is 10.4. The zero-order valence-electron chi connectivity index (χ0n) is 13.9.